The first kappa shape index (κ1) is 15.6. The zero-order valence-corrected chi connectivity index (χ0v) is 14.0. The first-order valence-electron chi connectivity index (χ1n) is 8.19. The van der Waals surface area contributed by atoms with Crippen molar-refractivity contribution >= 4 is 10.0 Å². The number of benzene rings is 1. The van der Waals surface area contributed by atoms with Crippen LogP contribution in [0.3, 0.4) is 0 Å². The van der Waals surface area contributed by atoms with Gasteiger partial charge in [0.05, 0.1) is 0 Å². The second-order valence-corrected chi connectivity index (χ2v) is 8.08. The van der Waals surface area contributed by atoms with Gasteiger partial charge >= 0.3 is 0 Å². The van der Waals surface area contributed by atoms with Crippen molar-refractivity contribution in [3.8, 4) is 5.75 Å². The molecule has 4 rings (SSSR count). The minimum absolute atomic E-state index is 0.0861. The van der Waals surface area contributed by atoms with Gasteiger partial charge < -0.3 is 9.26 Å². The lowest BCUT2D eigenvalue weighted by Gasteiger charge is -2.17. The van der Waals surface area contributed by atoms with Crippen LogP contribution in [0.15, 0.2) is 33.7 Å². The van der Waals surface area contributed by atoms with Crippen LogP contribution in [0, 0.1) is 0 Å². The third-order valence-electron chi connectivity index (χ3n) is 4.30. The van der Waals surface area contributed by atoms with Crippen LogP contribution in [0.5, 0.6) is 5.75 Å². The predicted molar refractivity (Wildman–Crippen MR) is 85.0 cm³/mol. The molecule has 0 bridgehead atoms. The molecule has 0 unspecified atom stereocenters. The number of para-hydroxylation sites is 1. The zero-order chi connectivity index (χ0) is 16.6. The first-order chi connectivity index (χ1) is 11.6. The Balaban J connectivity index is 1.52. The highest BCUT2D eigenvalue weighted by molar-refractivity contribution is 7.89. The summed E-state index contributed by atoms with van der Waals surface area (Å²) in [4.78, 5) is 4.49. The Morgan fingerprint density at radius 3 is 2.71 bits per heavy atom. The minimum Gasteiger partial charge on any atom is -0.484 e. The van der Waals surface area contributed by atoms with Crippen LogP contribution in [0.25, 0.3) is 0 Å². The van der Waals surface area contributed by atoms with Crippen molar-refractivity contribution in [1.82, 2.24) is 14.4 Å². The van der Waals surface area contributed by atoms with Crippen molar-refractivity contribution in [1.29, 1.82) is 0 Å². The molecule has 2 heterocycles. The topological polar surface area (TPSA) is 85.5 Å². The molecular weight excluding hydrogens is 330 g/mol. The summed E-state index contributed by atoms with van der Waals surface area (Å²) in [5, 5.41) is 3.89. The van der Waals surface area contributed by atoms with Crippen LogP contribution in [0.4, 0.5) is 0 Å². The van der Waals surface area contributed by atoms with Gasteiger partial charge in [0.2, 0.25) is 21.7 Å². The van der Waals surface area contributed by atoms with E-state index in [-0.39, 0.29) is 11.5 Å². The molecule has 1 aliphatic heterocycles. The Morgan fingerprint density at radius 2 is 1.96 bits per heavy atom. The van der Waals surface area contributed by atoms with Crippen molar-refractivity contribution in [3.05, 3.63) is 36.0 Å². The van der Waals surface area contributed by atoms with E-state index in [2.05, 4.69) is 10.1 Å². The monoisotopic (exact) mass is 349 g/mol. The summed E-state index contributed by atoms with van der Waals surface area (Å²) in [5.74, 6) is 1.79. The van der Waals surface area contributed by atoms with Gasteiger partial charge in [0.1, 0.15) is 10.6 Å². The molecule has 1 saturated carbocycles. The largest absolute Gasteiger partial charge is 0.484 e. The van der Waals surface area contributed by atoms with E-state index in [1.165, 1.54) is 4.31 Å². The lowest BCUT2D eigenvalue weighted by molar-refractivity contribution is 0.277. The van der Waals surface area contributed by atoms with Crippen molar-refractivity contribution in [3.63, 3.8) is 0 Å². The van der Waals surface area contributed by atoms with Gasteiger partial charge in [0, 0.05) is 19.0 Å². The van der Waals surface area contributed by atoms with Crippen molar-refractivity contribution in [2.24, 2.45) is 0 Å². The quantitative estimate of drug-likeness (QED) is 0.795. The summed E-state index contributed by atoms with van der Waals surface area (Å²) in [5.41, 5.74) is 0. The Morgan fingerprint density at radius 1 is 1.21 bits per heavy atom. The molecule has 0 atom stereocenters. The third-order valence-corrected chi connectivity index (χ3v) is 6.24. The summed E-state index contributed by atoms with van der Waals surface area (Å²) < 4.78 is 37.9. The second kappa shape index (κ2) is 6.18. The van der Waals surface area contributed by atoms with E-state index < -0.39 is 10.0 Å². The zero-order valence-electron chi connectivity index (χ0n) is 13.2. The summed E-state index contributed by atoms with van der Waals surface area (Å²) in [6.45, 7) is 1.21. The van der Waals surface area contributed by atoms with E-state index in [0.29, 0.717) is 36.5 Å². The second-order valence-electron chi connectivity index (χ2n) is 6.17. The number of ether oxygens (including phenoxy) is 1. The average Bonchev–Trinajstić information content (AvgIpc) is 3.10. The molecule has 1 aromatic carbocycles. The normalized spacial score (nSPS) is 18.8. The molecule has 24 heavy (non-hydrogen) atoms. The van der Waals surface area contributed by atoms with Gasteiger partial charge in [0.25, 0.3) is 0 Å². The Bertz CT molecular complexity index is 823. The lowest BCUT2D eigenvalue weighted by Crippen LogP contribution is -2.28. The predicted octanol–water partition coefficient (Wildman–Crippen LogP) is 2.31. The molecule has 0 amide bonds. The van der Waals surface area contributed by atoms with Crippen LogP contribution in [0.1, 0.15) is 43.3 Å². The standard InChI is InChI=1S/C16H19N3O4S/c20-24(21,19-9-3-4-10-19)14-6-2-1-5-13(14)22-11-15-17-16(23-18-15)12-7-8-12/h1-2,5-6,12H,3-4,7-11H2. The van der Waals surface area contributed by atoms with Crippen LogP contribution in [-0.4, -0.2) is 36.0 Å². The summed E-state index contributed by atoms with van der Waals surface area (Å²) in [7, 11) is -3.53. The van der Waals surface area contributed by atoms with Gasteiger partial charge in [-0.15, -0.1) is 0 Å². The minimum atomic E-state index is -3.53. The molecule has 0 spiro atoms. The number of aromatic nitrogens is 2. The molecule has 128 valence electrons. The molecule has 2 aromatic rings. The fourth-order valence-electron chi connectivity index (χ4n) is 2.81. The number of hydrogen-bond acceptors (Lipinski definition) is 6. The fraction of sp³-hybridized carbons (Fsp3) is 0.500. The van der Waals surface area contributed by atoms with Crippen LogP contribution in [-0.2, 0) is 16.6 Å². The highest BCUT2D eigenvalue weighted by atomic mass is 32.2. The molecular formula is C16H19N3O4S. The lowest BCUT2D eigenvalue weighted by atomic mass is 10.3. The molecule has 8 heteroatoms. The van der Waals surface area contributed by atoms with Crippen LogP contribution >= 0.6 is 0 Å². The van der Waals surface area contributed by atoms with E-state index in [0.717, 1.165) is 25.7 Å². The molecule has 2 fully saturated rings. The molecule has 0 radical (unpaired) electrons. The third kappa shape index (κ3) is 3.03. The highest BCUT2D eigenvalue weighted by Gasteiger charge is 2.31. The maximum atomic E-state index is 12.8. The molecule has 1 aliphatic carbocycles. The summed E-state index contributed by atoms with van der Waals surface area (Å²) >= 11 is 0. The number of hydrogen-bond donors (Lipinski definition) is 0. The van der Waals surface area contributed by atoms with Gasteiger partial charge in [-0.05, 0) is 37.8 Å². The Kier molecular flexibility index (Phi) is 4.01. The van der Waals surface area contributed by atoms with E-state index in [1.54, 1.807) is 24.3 Å². The maximum absolute atomic E-state index is 12.8. The van der Waals surface area contributed by atoms with Crippen molar-refractivity contribution in [2.75, 3.05) is 13.1 Å². The molecule has 7 nitrogen and oxygen atoms in total. The fourth-order valence-corrected chi connectivity index (χ4v) is 4.46. The van der Waals surface area contributed by atoms with E-state index in [9.17, 15) is 8.42 Å². The molecule has 1 aromatic heterocycles. The molecule has 2 aliphatic rings. The van der Waals surface area contributed by atoms with Gasteiger partial charge in [0.15, 0.2) is 6.61 Å². The Labute approximate surface area is 140 Å². The maximum Gasteiger partial charge on any atom is 0.246 e. The Hall–Kier alpha value is -1.93. The van der Waals surface area contributed by atoms with Crippen LogP contribution < -0.4 is 4.74 Å². The summed E-state index contributed by atoms with van der Waals surface area (Å²) in [6, 6.07) is 6.69. The van der Waals surface area contributed by atoms with Crippen LogP contribution in [0.2, 0.25) is 0 Å². The van der Waals surface area contributed by atoms with E-state index >= 15 is 0 Å². The van der Waals surface area contributed by atoms with E-state index in [1.807, 2.05) is 0 Å². The molecule has 0 N–H and O–H groups in total. The number of sulfonamides is 1. The van der Waals surface area contributed by atoms with Gasteiger partial charge in [-0.2, -0.15) is 9.29 Å². The van der Waals surface area contributed by atoms with Gasteiger partial charge in [-0.3, -0.25) is 0 Å². The SMILES string of the molecule is O=S(=O)(c1ccccc1OCc1noc(C2CC2)n1)N1CCCC1. The summed E-state index contributed by atoms with van der Waals surface area (Å²) in [6.07, 6.45) is 3.96. The van der Waals surface area contributed by atoms with Gasteiger partial charge in [-0.1, -0.05) is 17.3 Å². The first-order valence-corrected chi connectivity index (χ1v) is 9.63. The number of rotatable bonds is 6. The highest BCUT2D eigenvalue weighted by Crippen LogP contribution is 2.39. The molecule has 1 saturated heterocycles. The van der Waals surface area contributed by atoms with E-state index in [4.69, 9.17) is 9.26 Å². The smallest absolute Gasteiger partial charge is 0.246 e. The number of nitrogens with zero attached hydrogens (tertiary/aromatic N) is 3. The van der Waals surface area contributed by atoms with Crippen molar-refractivity contribution < 1.29 is 17.7 Å². The average molecular weight is 349 g/mol. The van der Waals surface area contributed by atoms with Gasteiger partial charge in [-0.25, -0.2) is 8.42 Å². The van der Waals surface area contributed by atoms with Crippen molar-refractivity contribution in [2.45, 2.75) is 43.1 Å².